The predicted octanol–water partition coefficient (Wildman–Crippen LogP) is 1.87. The highest BCUT2D eigenvalue weighted by molar-refractivity contribution is 5.41. The lowest BCUT2D eigenvalue weighted by Crippen LogP contribution is -2.42. The average molecular weight is 259 g/mol. The molecule has 1 aromatic rings. The molecular formula is C16H21NO2. The molecule has 0 unspecified atom stereocenters. The normalized spacial score (nSPS) is 33.6. The van der Waals surface area contributed by atoms with E-state index in [1.54, 1.807) is 0 Å². The van der Waals surface area contributed by atoms with Crippen LogP contribution >= 0.6 is 0 Å². The van der Waals surface area contributed by atoms with Crippen LogP contribution in [0.3, 0.4) is 0 Å². The van der Waals surface area contributed by atoms with Crippen LogP contribution in [0.5, 0.6) is 5.75 Å². The van der Waals surface area contributed by atoms with Gasteiger partial charge < -0.3 is 14.7 Å². The Hall–Kier alpha value is -1.06. The van der Waals surface area contributed by atoms with E-state index in [1.165, 1.54) is 24.9 Å². The van der Waals surface area contributed by atoms with Crippen molar-refractivity contribution in [1.82, 2.24) is 4.90 Å². The molecule has 0 amide bonds. The van der Waals surface area contributed by atoms with Gasteiger partial charge in [-0.1, -0.05) is 18.2 Å². The number of nitrogens with zero attached hydrogens (tertiary/aromatic N) is 1. The minimum atomic E-state index is -0.0801. The Bertz CT molecular complexity index is 485. The molecule has 0 bridgehead atoms. The highest BCUT2D eigenvalue weighted by Gasteiger charge is 2.51. The zero-order valence-corrected chi connectivity index (χ0v) is 11.2. The van der Waals surface area contributed by atoms with Crippen LogP contribution in [-0.4, -0.2) is 42.9 Å². The fourth-order valence-electron chi connectivity index (χ4n) is 3.78. The lowest BCUT2D eigenvalue weighted by molar-refractivity contribution is 0.0459. The molecule has 0 aromatic heterocycles. The number of hydrogen-bond donors (Lipinski definition) is 1. The molecule has 2 fully saturated rings. The van der Waals surface area contributed by atoms with Crippen molar-refractivity contribution in [2.45, 2.75) is 18.8 Å². The van der Waals surface area contributed by atoms with Crippen LogP contribution in [0.2, 0.25) is 0 Å². The van der Waals surface area contributed by atoms with Crippen LogP contribution in [0.15, 0.2) is 24.3 Å². The van der Waals surface area contributed by atoms with Crippen LogP contribution in [0.1, 0.15) is 24.3 Å². The molecule has 1 aromatic carbocycles. The van der Waals surface area contributed by atoms with Gasteiger partial charge in [0.1, 0.15) is 5.75 Å². The molecule has 1 N–H and O–H groups in total. The molecule has 1 saturated carbocycles. The number of benzene rings is 1. The van der Waals surface area contributed by atoms with Crippen molar-refractivity contribution in [3.8, 4) is 5.75 Å². The first-order valence-corrected chi connectivity index (χ1v) is 7.36. The van der Waals surface area contributed by atoms with Gasteiger partial charge in [0.15, 0.2) is 0 Å². The van der Waals surface area contributed by atoms with Crippen LogP contribution in [-0.2, 0) is 0 Å². The SMILES string of the molecule is OC[C@@]12COc3ccccc3[C@@H]1CN(CC1CC1)C2. The van der Waals surface area contributed by atoms with E-state index in [9.17, 15) is 5.11 Å². The lowest BCUT2D eigenvalue weighted by atomic mass is 9.74. The molecule has 102 valence electrons. The minimum Gasteiger partial charge on any atom is -0.493 e. The summed E-state index contributed by atoms with van der Waals surface area (Å²) >= 11 is 0. The molecule has 4 rings (SSSR count). The lowest BCUT2D eigenvalue weighted by Gasteiger charge is -2.38. The van der Waals surface area contributed by atoms with E-state index in [2.05, 4.69) is 23.1 Å². The summed E-state index contributed by atoms with van der Waals surface area (Å²) in [6.07, 6.45) is 2.78. The summed E-state index contributed by atoms with van der Waals surface area (Å²) in [5.41, 5.74) is 1.21. The van der Waals surface area contributed by atoms with Crippen LogP contribution in [0.4, 0.5) is 0 Å². The first kappa shape index (κ1) is 11.7. The summed E-state index contributed by atoms with van der Waals surface area (Å²) in [6.45, 7) is 4.16. The largest absolute Gasteiger partial charge is 0.493 e. The van der Waals surface area contributed by atoms with E-state index in [0.717, 1.165) is 24.8 Å². The Kier molecular flexibility index (Phi) is 2.61. The molecule has 3 heteroatoms. The van der Waals surface area contributed by atoms with Gasteiger partial charge in [-0.25, -0.2) is 0 Å². The average Bonchev–Trinajstić information content (AvgIpc) is 3.17. The van der Waals surface area contributed by atoms with E-state index < -0.39 is 0 Å². The maximum Gasteiger partial charge on any atom is 0.122 e. The summed E-state index contributed by atoms with van der Waals surface area (Å²) in [4.78, 5) is 2.55. The van der Waals surface area contributed by atoms with Crippen molar-refractivity contribution in [1.29, 1.82) is 0 Å². The highest BCUT2D eigenvalue weighted by atomic mass is 16.5. The molecule has 3 aliphatic rings. The van der Waals surface area contributed by atoms with Gasteiger partial charge in [0.25, 0.3) is 0 Å². The fraction of sp³-hybridized carbons (Fsp3) is 0.625. The molecule has 2 aliphatic heterocycles. The number of aliphatic hydroxyl groups is 1. The van der Waals surface area contributed by atoms with Gasteiger partial charge in [-0.15, -0.1) is 0 Å². The zero-order chi connectivity index (χ0) is 12.9. The van der Waals surface area contributed by atoms with E-state index in [-0.39, 0.29) is 12.0 Å². The standard InChI is InChI=1S/C16H21NO2/c18-10-16-9-17(7-12-5-6-12)8-14(16)13-3-1-2-4-15(13)19-11-16/h1-4,12,14,18H,5-11H2/t14-,16-/m0/s1. The number of likely N-dealkylation sites (tertiary alicyclic amines) is 1. The van der Waals surface area contributed by atoms with Crippen molar-refractivity contribution >= 4 is 0 Å². The molecular weight excluding hydrogens is 238 g/mol. The summed E-state index contributed by atoms with van der Waals surface area (Å²) in [7, 11) is 0. The number of hydrogen-bond acceptors (Lipinski definition) is 3. The third kappa shape index (κ3) is 1.87. The second-order valence-electron chi connectivity index (χ2n) is 6.54. The van der Waals surface area contributed by atoms with Crippen LogP contribution in [0.25, 0.3) is 0 Å². The van der Waals surface area contributed by atoms with Crippen molar-refractivity contribution in [3.05, 3.63) is 29.8 Å². The monoisotopic (exact) mass is 259 g/mol. The first-order valence-electron chi connectivity index (χ1n) is 7.36. The van der Waals surface area contributed by atoms with E-state index >= 15 is 0 Å². The number of rotatable bonds is 3. The van der Waals surface area contributed by atoms with Crippen molar-refractivity contribution in [3.63, 3.8) is 0 Å². The van der Waals surface area contributed by atoms with Gasteiger partial charge >= 0.3 is 0 Å². The Balaban J connectivity index is 1.65. The molecule has 1 aliphatic carbocycles. The zero-order valence-electron chi connectivity index (χ0n) is 11.2. The molecule has 2 heterocycles. The van der Waals surface area contributed by atoms with Crippen molar-refractivity contribution in [2.24, 2.45) is 11.3 Å². The number of aliphatic hydroxyl groups excluding tert-OH is 1. The highest BCUT2D eigenvalue weighted by Crippen LogP contribution is 2.49. The number of ether oxygens (including phenoxy) is 1. The molecule has 2 atom stereocenters. The minimum absolute atomic E-state index is 0.0801. The number of para-hydroxylation sites is 1. The Morgan fingerprint density at radius 2 is 2.16 bits per heavy atom. The third-order valence-corrected chi connectivity index (χ3v) is 5.06. The maximum atomic E-state index is 9.94. The van der Waals surface area contributed by atoms with Crippen molar-refractivity contribution in [2.75, 3.05) is 32.8 Å². The first-order chi connectivity index (χ1) is 9.31. The number of fused-ring (bicyclic) bond motifs is 3. The Morgan fingerprint density at radius 3 is 2.95 bits per heavy atom. The predicted molar refractivity (Wildman–Crippen MR) is 73.4 cm³/mol. The van der Waals surface area contributed by atoms with Crippen molar-refractivity contribution < 1.29 is 9.84 Å². The quantitative estimate of drug-likeness (QED) is 0.899. The van der Waals surface area contributed by atoms with Gasteiger partial charge in [-0.05, 0) is 30.4 Å². The van der Waals surface area contributed by atoms with Crippen LogP contribution in [0, 0.1) is 11.3 Å². The smallest absolute Gasteiger partial charge is 0.122 e. The Morgan fingerprint density at radius 1 is 1.32 bits per heavy atom. The maximum absolute atomic E-state index is 9.94. The van der Waals surface area contributed by atoms with Gasteiger partial charge in [0, 0.05) is 31.0 Å². The molecule has 0 spiro atoms. The third-order valence-electron chi connectivity index (χ3n) is 5.06. The second-order valence-corrected chi connectivity index (χ2v) is 6.54. The summed E-state index contributed by atoms with van der Waals surface area (Å²) in [6, 6.07) is 8.34. The van der Waals surface area contributed by atoms with E-state index in [0.29, 0.717) is 12.5 Å². The fourth-order valence-corrected chi connectivity index (χ4v) is 3.78. The summed E-state index contributed by atoms with van der Waals surface area (Å²) in [5.74, 6) is 2.36. The summed E-state index contributed by atoms with van der Waals surface area (Å²) in [5, 5.41) is 9.94. The van der Waals surface area contributed by atoms with Crippen LogP contribution < -0.4 is 4.74 Å². The summed E-state index contributed by atoms with van der Waals surface area (Å²) < 4.78 is 5.91. The van der Waals surface area contributed by atoms with Gasteiger partial charge in [0.05, 0.1) is 13.2 Å². The topological polar surface area (TPSA) is 32.7 Å². The molecule has 19 heavy (non-hydrogen) atoms. The molecule has 0 radical (unpaired) electrons. The van der Waals surface area contributed by atoms with E-state index in [4.69, 9.17) is 4.74 Å². The van der Waals surface area contributed by atoms with E-state index in [1.807, 2.05) is 6.07 Å². The Labute approximate surface area is 114 Å². The molecule has 3 nitrogen and oxygen atoms in total. The molecule has 1 saturated heterocycles. The van der Waals surface area contributed by atoms with Gasteiger partial charge in [0.2, 0.25) is 0 Å². The van der Waals surface area contributed by atoms with Gasteiger partial charge in [-0.3, -0.25) is 0 Å². The second kappa shape index (κ2) is 4.22. The van der Waals surface area contributed by atoms with Gasteiger partial charge in [-0.2, -0.15) is 0 Å².